The Balaban J connectivity index is 1.54. The highest BCUT2D eigenvalue weighted by Crippen LogP contribution is 2.26. The Kier molecular flexibility index (Phi) is 8.81. The summed E-state index contributed by atoms with van der Waals surface area (Å²) in [5, 5.41) is 0.380. The molecule has 10 heteroatoms. The van der Waals surface area contributed by atoms with Crippen LogP contribution in [0.5, 0.6) is 0 Å². The first-order valence-electron chi connectivity index (χ1n) is 11.5. The van der Waals surface area contributed by atoms with Crippen molar-refractivity contribution in [3.05, 3.63) is 65.5 Å². The number of piperidine rings is 1. The van der Waals surface area contributed by atoms with Gasteiger partial charge in [0.2, 0.25) is 15.9 Å². The van der Waals surface area contributed by atoms with Gasteiger partial charge in [0.15, 0.2) is 0 Å². The maximum atomic E-state index is 13.1. The molecule has 186 valence electrons. The van der Waals surface area contributed by atoms with E-state index in [4.69, 9.17) is 23.1 Å². The maximum Gasteiger partial charge on any atom is 0.243 e. The van der Waals surface area contributed by atoms with Gasteiger partial charge in [0.1, 0.15) is 0 Å². The summed E-state index contributed by atoms with van der Waals surface area (Å²) in [7, 11) is -3.63. The van der Waals surface area contributed by atoms with Crippen LogP contribution in [0.2, 0.25) is 5.02 Å². The van der Waals surface area contributed by atoms with Crippen molar-refractivity contribution >= 4 is 27.5 Å². The lowest BCUT2D eigenvalue weighted by atomic mass is 9.93. The fourth-order valence-electron chi connectivity index (χ4n) is 4.56. The molecule has 0 aliphatic carbocycles. The Hall–Kier alpha value is -2.33. The number of benzene rings is 1. The van der Waals surface area contributed by atoms with E-state index in [2.05, 4.69) is 18.4 Å². The van der Waals surface area contributed by atoms with Gasteiger partial charge in [-0.1, -0.05) is 24.2 Å². The number of halogens is 1. The zero-order valence-electron chi connectivity index (χ0n) is 19.6. The molecule has 0 aromatic heterocycles. The topological polar surface area (TPSA) is 113 Å². The van der Waals surface area contributed by atoms with Gasteiger partial charge in [-0.05, 0) is 75.0 Å². The van der Waals surface area contributed by atoms with Gasteiger partial charge in [-0.3, -0.25) is 9.69 Å². The second kappa shape index (κ2) is 11.4. The zero-order valence-corrected chi connectivity index (χ0v) is 21.1. The number of rotatable bonds is 7. The molecular formula is C24H34ClN5O3S. The second-order valence-electron chi connectivity index (χ2n) is 8.75. The number of amides is 1. The predicted molar refractivity (Wildman–Crippen MR) is 135 cm³/mol. The number of nitrogens with two attached hydrogens (primary N) is 2. The van der Waals surface area contributed by atoms with Gasteiger partial charge < -0.3 is 16.4 Å². The minimum atomic E-state index is -3.63. The lowest BCUT2D eigenvalue weighted by Gasteiger charge is -2.39. The molecule has 0 saturated carbocycles. The quantitative estimate of drug-likeness (QED) is 0.547. The first-order valence-corrected chi connectivity index (χ1v) is 13.3. The molecule has 2 heterocycles. The highest BCUT2D eigenvalue weighted by molar-refractivity contribution is 7.89. The van der Waals surface area contributed by atoms with Crippen LogP contribution >= 0.6 is 11.6 Å². The lowest BCUT2D eigenvalue weighted by molar-refractivity contribution is -0.138. The largest absolute Gasteiger partial charge is 0.405 e. The third-order valence-corrected chi connectivity index (χ3v) is 8.66. The van der Waals surface area contributed by atoms with E-state index >= 15 is 0 Å². The second-order valence-corrected chi connectivity index (χ2v) is 11.1. The fraction of sp³-hybridized carbons (Fsp3) is 0.458. The lowest BCUT2D eigenvalue weighted by Crippen LogP contribution is -2.53. The molecule has 8 nitrogen and oxygen atoms in total. The van der Waals surface area contributed by atoms with Crippen molar-refractivity contribution in [1.29, 1.82) is 0 Å². The van der Waals surface area contributed by atoms with Crippen LogP contribution in [0.15, 0.2) is 65.4 Å². The van der Waals surface area contributed by atoms with Gasteiger partial charge in [-0.25, -0.2) is 8.42 Å². The van der Waals surface area contributed by atoms with Crippen molar-refractivity contribution in [2.75, 3.05) is 39.3 Å². The summed E-state index contributed by atoms with van der Waals surface area (Å²) < 4.78 is 27.3. The average Bonchev–Trinajstić information content (AvgIpc) is 2.83. The van der Waals surface area contributed by atoms with E-state index < -0.39 is 10.0 Å². The molecule has 1 aromatic carbocycles. The van der Waals surface area contributed by atoms with E-state index in [1.165, 1.54) is 16.6 Å². The Morgan fingerprint density at radius 2 is 1.82 bits per heavy atom. The molecule has 1 atom stereocenters. The van der Waals surface area contributed by atoms with Crippen LogP contribution in [0.1, 0.15) is 19.8 Å². The summed E-state index contributed by atoms with van der Waals surface area (Å²) in [4.78, 5) is 17.4. The van der Waals surface area contributed by atoms with Crippen LogP contribution < -0.4 is 11.5 Å². The van der Waals surface area contributed by atoms with Crippen molar-refractivity contribution in [2.24, 2.45) is 17.4 Å². The number of carbonyl (C=O) groups is 1. The smallest absolute Gasteiger partial charge is 0.243 e. The molecule has 2 saturated heterocycles. The molecular weight excluding hydrogens is 474 g/mol. The number of likely N-dealkylation sites (tertiary alicyclic amines) is 1. The van der Waals surface area contributed by atoms with Gasteiger partial charge in [-0.2, -0.15) is 4.31 Å². The van der Waals surface area contributed by atoms with Crippen LogP contribution in [0.4, 0.5) is 0 Å². The van der Waals surface area contributed by atoms with E-state index in [1.54, 1.807) is 23.1 Å². The van der Waals surface area contributed by atoms with Crippen LogP contribution in [0.3, 0.4) is 0 Å². The van der Waals surface area contributed by atoms with Gasteiger partial charge >= 0.3 is 0 Å². The van der Waals surface area contributed by atoms with Crippen molar-refractivity contribution < 1.29 is 13.2 Å². The molecule has 4 N–H and O–H groups in total. The number of nitrogens with zero attached hydrogens (tertiary/aromatic N) is 3. The average molecular weight is 508 g/mol. The van der Waals surface area contributed by atoms with E-state index in [9.17, 15) is 13.2 Å². The molecule has 2 fully saturated rings. The molecule has 34 heavy (non-hydrogen) atoms. The van der Waals surface area contributed by atoms with Gasteiger partial charge in [0.25, 0.3) is 0 Å². The van der Waals surface area contributed by atoms with Crippen molar-refractivity contribution in [3.63, 3.8) is 0 Å². The summed E-state index contributed by atoms with van der Waals surface area (Å²) in [6.07, 6.45) is 6.66. The fourth-order valence-corrected chi connectivity index (χ4v) is 6.28. The van der Waals surface area contributed by atoms with Crippen LogP contribution in [0.25, 0.3) is 0 Å². The minimum absolute atomic E-state index is 0.0542. The summed E-state index contributed by atoms with van der Waals surface area (Å²) in [5.41, 5.74) is 12.8. The van der Waals surface area contributed by atoms with E-state index in [-0.39, 0.29) is 35.9 Å². The summed E-state index contributed by atoms with van der Waals surface area (Å²) in [5.74, 6) is 0.0570. The third-order valence-electron chi connectivity index (χ3n) is 6.53. The number of hydrogen-bond donors (Lipinski definition) is 2. The molecule has 0 radical (unpaired) electrons. The van der Waals surface area contributed by atoms with Crippen LogP contribution in [-0.2, 0) is 14.8 Å². The van der Waals surface area contributed by atoms with Crippen molar-refractivity contribution in [2.45, 2.75) is 30.7 Å². The van der Waals surface area contributed by atoms with Gasteiger partial charge in [-0.15, -0.1) is 0 Å². The molecule has 1 aromatic rings. The number of allylic oxidation sites excluding steroid dienone is 1. The molecule has 0 spiro atoms. The maximum absolute atomic E-state index is 13.1. The molecule has 3 rings (SSSR count). The van der Waals surface area contributed by atoms with Crippen LogP contribution in [0, 0.1) is 5.92 Å². The summed E-state index contributed by atoms with van der Waals surface area (Å²) in [6.45, 7) is 8.74. The zero-order chi connectivity index (χ0) is 24.9. The van der Waals surface area contributed by atoms with Gasteiger partial charge in [0.05, 0.1) is 4.90 Å². The minimum Gasteiger partial charge on any atom is -0.405 e. The molecule has 1 unspecified atom stereocenters. The predicted octanol–water partition coefficient (Wildman–Crippen LogP) is 2.14. The van der Waals surface area contributed by atoms with E-state index in [0.29, 0.717) is 23.8 Å². The Morgan fingerprint density at radius 1 is 1.18 bits per heavy atom. The third kappa shape index (κ3) is 6.21. The monoisotopic (exact) mass is 507 g/mol. The highest BCUT2D eigenvalue weighted by atomic mass is 35.5. The number of piperazine rings is 1. The Labute approximate surface area is 207 Å². The number of hydrogen-bond acceptors (Lipinski definition) is 6. The summed E-state index contributed by atoms with van der Waals surface area (Å²) >= 11 is 5.96. The van der Waals surface area contributed by atoms with Gasteiger partial charge in [0, 0.05) is 48.9 Å². The normalized spacial score (nSPS) is 20.5. The molecule has 2 aliphatic rings. The Bertz CT molecular complexity index is 1060. The first kappa shape index (κ1) is 26.3. The molecule has 0 bridgehead atoms. The first-order chi connectivity index (χ1) is 16.1. The Morgan fingerprint density at radius 3 is 2.38 bits per heavy atom. The summed E-state index contributed by atoms with van der Waals surface area (Å²) in [6, 6.07) is 6.37. The molecule has 2 aliphatic heterocycles. The van der Waals surface area contributed by atoms with Crippen molar-refractivity contribution in [3.8, 4) is 0 Å². The standard InChI is InChI=1S/C24H34ClN5O3S/c1-18(27)16-21(6-9-26)19(2)28-10-7-20(8-11-28)24(31)29-12-14-30(15-13-29)34(32,33)23-5-3-4-22(25)17-23/h3-6,9,16-17,19-20H,1,7-8,10-15,26-27H2,2H3/b9-6-,21-16+. The van der Waals surface area contributed by atoms with E-state index in [1.807, 2.05) is 12.2 Å². The highest BCUT2D eigenvalue weighted by Gasteiger charge is 2.34. The molecule has 1 amide bonds. The van der Waals surface area contributed by atoms with Crippen molar-refractivity contribution in [1.82, 2.24) is 14.1 Å². The SMILES string of the molecule is C=C(N)/C=C(\C=C/N)C(C)N1CCC(C(=O)N2CCN(S(=O)(=O)c3cccc(Cl)c3)CC2)CC1. The van der Waals surface area contributed by atoms with E-state index in [0.717, 1.165) is 31.5 Å². The van der Waals surface area contributed by atoms with Crippen LogP contribution in [-0.4, -0.2) is 73.7 Å². The number of carbonyl (C=O) groups excluding carboxylic acids is 1. The number of sulfonamides is 1.